The minimum Gasteiger partial charge on any atom is -0.0888 e. The molecule has 0 spiro atoms. The van der Waals surface area contributed by atoms with E-state index in [2.05, 4.69) is 170 Å². The monoisotopic (exact) mass is 600 g/mol. The molecule has 0 amide bonds. The third kappa shape index (κ3) is 3.52. The summed E-state index contributed by atoms with van der Waals surface area (Å²) in [5.74, 6) is 0. The lowest BCUT2D eigenvalue weighted by molar-refractivity contribution is 0.769. The zero-order chi connectivity index (χ0) is 30.2. The van der Waals surface area contributed by atoms with Crippen LogP contribution in [0.4, 0.5) is 0 Å². The van der Waals surface area contributed by atoms with Gasteiger partial charge in [-0.25, -0.2) is 0 Å². The van der Waals surface area contributed by atoms with Crippen LogP contribution >= 0.6 is 11.8 Å². The minimum absolute atomic E-state index is 0.424. The molecule has 1 atom stereocenters. The second-order valence-corrected chi connectivity index (χ2v) is 13.5. The molecule has 1 heterocycles. The van der Waals surface area contributed by atoms with Crippen LogP contribution in [0.5, 0.6) is 0 Å². The maximum atomic E-state index is 2.44. The standard InChI is InChI=1S/C45H28S/c1-2-15-33(16-3-1)45(39-20-7-6-17-36(39)38-27-31-11-4-5-12-32(31)28-40(38)45)34-25-23-29(24-26-34)35-18-10-22-42-44(35)37-19-8-13-30-14-9-21-41(46-42)43(30)37/h1-28H. The summed E-state index contributed by atoms with van der Waals surface area (Å²) < 4.78 is 0. The Balaban J connectivity index is 1.21. The Hall–Kier alpha value is -5.37. The molecule has 0 saturated carbocycles. The first-order valence-corrected chi connectivity index (χ1v) is 16.7. The quantitative estimate of drug-likeness (QED) is 0.194. The molecule has 8 aromatic carbocycles. The molecule has 8 aromatic rings. The summed E-state index contributed by atoms with van der Waals surface area (Å²) in [7, 11) is 0. The van der Waals surface area contributed by atoms with Crippen LogP contribution in [0.1, 0.15) is 22.3 Å². The van der Waals surface area contributed by atoms with E-state index in [9.17, 15) is 0 Å². The largest absolute Gasteiger partial charge is 0.0888 e. The molecular formula is C45H28S. The molecule has 1 aliphatic carbocycles. The summed E-state index contributed by atoms with van der Waals surface area (Å²) >= 11 is 1.89. The fourth-order valence-corrected chi connectivity index (χ4v) is 9.38. The van der Waals surface area contributed by atoms with Gasteiger partial charge in [-0.2, -0.15) is 0 Å². The van der Waals surface area contributed by atoms with Gasteiger partial charge >= 0.3 is 0 Å². The smallest absolute Gasteiger partial charge is 0.0713 e. The zero-order valence-corrected chi connectivity index (χ0v) is 25.9. The topological polar surface area (TPSA) is 0 Å². The third-order valence-electron chi connectivity index (χ3n) is 10.1. The molecule has 0 radical (unpaired) electrons. The molecule has 1 unspecified atom stereocenters. The van der Waals surface area contributed by atoms with Gasteiger partial charge in [0.15, 0.2) is 0 Å². The third-order valence-corrected chi connectivity index (χ3v) is 11.2. The first kappa shape index (κ1) is 25.9. The van der Waals surface area contributed by atoms with E-state index in [0.29, 0.717) is 0 Å². The van der Waals surface area contributed by atoms with Gasteiger partial charge in [-0.3, -0.25) is 0 Å². The fraction of sp³-hybridized carbons (Fsp3) is 0.0222. The van der Waals surface area contributed by atoms with Crippen LogP contribution in [-0.4, -0.2) is 0 Å². The molecule has 0 N–H and O–H groups in total. The maximum absolute atomic E-state index is 2.44. The second-order valence-electron chi connectivity index (χ2n) is 12.4. The van der Waals surface area contributed by atoms with E-state index in [1.54, 1.807) is 0 Å². The second kappa shape index (κ2) is 9.81. The Morgan fingerprint density at radius 3 is 1.83 bits per heavy atom. The van der Waals surface area contributed by atoms with Crippen molar-refractivity contribution in [3.8, 4) is 33.4 Å². The normalized spacial score (nSPS) is 15.8. The molecule has 214 valence electrons. The van der Waals surface area contributed by atoms with Crippen LogP contribution in [0.15, 0.2) is 180 Å². The van der Waals surface area contributed by atoms with E-state index in [1.165, 1.54) is 87.0 Å². The highest BCUT2D eigenvalue weighted by molar-refractivity contribution is 7.99. The number of benzene rings is 8. The molecule has 0 nitrogen and oxygen atoms in total. The van der Waals surface area contributed by atoms with Crippen LogP contribution in [-0.2, 0) is 5.41 Å². The van der Waals surface area contributed by atoms with Crippen molar-refractivity contribution >= 4 is 33.3 Å². The Morgan fingerprint density at radius 2 is 0.978 bits per heavy atom. The highest BCUT2D eigenvalue weighted by Crippen LogP contribution is 2.57. The van der Waals surface area contributed by atoms with Gasteiger partial charge in [0.1, 0.15) is 0 Å². The van der Waals surface area contributed by atoms with Gasteiger partial charge in [0, 0.05) is 20.7 Å². The van der Waals surface area contributed by atoms with E-state index in [4.69, 9.17) is 0 Å². The summed E-state index contributed by atoms with van der Waals surface area (Å²) in [6.45, 7) is 0. The Morgan fingerprint density at radius 1 is 0.370 bits per heavy atom. The highest BCUT2D eigenvalue weighted by atomic mass is 32.2. The lowest BCUT2D eigenvalue weighted by Crippen LogP contribution is -2.28. The first-order valence-electron chi connectivity index (χ1n) is 15.9. The van der Waals surface area contributed by atoms with Crippen molar-refractivity contribution in [1.29, 1.82) is 0 Å². The maximum Gasteiger partial charge on any atom is 0.0713 e. The van der Waals surface area contributed by atoms with Crippen LogP contribution < -0.4 is 0 Å². The van der Waals surface area contributed by atoms with Crippen molar-refractivity contribution in [1.82, 2.24) is 0 Å². The van der Waals surface area contributed by atoms with Crippen molar-refractivity contribution < 1.29 is 0 Å². The SMILES string of the molecule is c1ccc(C2(c3ccc(-c4cccc5c4-c4cccc6cccc(c46)S5)cc3)c3ccccc3-c3cc4ccccc4cc32)cc1. The Labute approximate surface area is 273 Å². The van der Waals surface area contributed by atoms with Crippen molar-refractivity contribution in [2.24, 2.45) is 0 Å². The van der Waals surface area contributed by atoms with Crippen LogP contribution in [0.3, 0.4) is 0 Å². The van der Waals surface area contributed by atoms with Gasteiger partial charge in [0.25, 0.3) is 0 Å². The van der Waals surface area contributed by atoms with Gasteiger partial charge in [0.2, 0.25) is 0 Å². The van der Waals surface area contributed by atoms with Crippen LogP contribution in [0.2, 0.25) is 0 Å². The van der Waals surface area contributed by atoms with Gasteiger partial charge < -0.3 is 0 Å². The van der Waals surface area contributed by atoms with E-state index in [0.717, 1.165) is 0 Å². The summed E-state index contributed by atoms with van der Waals surface area (Å²) in [6.07, 6.45) is 0. The lowest BCUT2D eigenvalue weighted by Gasteiger charge is -2.34. The van der Waals surface area contributed by atoms with Gasteiger partial charge in [0.05, 0.1) is 5.41 Å². The molecule has 0 aromatic heterocycles. The number of fused-ring (bicyclic) bond motifs is 6. The van der Waals surface area contributed by atoms with Gasteiger partial charge in [-0.05, 0) is 90.5 Å². The average molecular weight is 601 g/mol. The average Bonchev–Trinajstić information content (AvgIpc) is 3.41. The molecule has 1 heteroatoms. The van der Waals surface area contributed by atoms with E-state index >= 15 is 0 Å². The minimum atomic E-state index is -0.424. The Bertz CT molecular complexity index is 2480. The van der Waals surface area contributed by atoms with E-state index < -0.39 is 5.41 Å². The number of hydrogen-bond acceptors (Lipinski definition) is 1. The van der Waals surface area contributed by atoms with E-state index in [1.807, 2.05) is 11.8 Å². The summed E-state index contributed by atoms with van der Waals surface area (Å²) in [5.41, 5.74) is 12.7. The summed E-state index contributed by atoms with van der Waals surface area (Å²) in [6, 6.07) is 63.3. The first-order chi connectivity index (χ1) is 22.8. The molecule has 2 aliphatic rings. The number of hydrogen-bond donors (Lipinski definition) is 0. The van der Waals surface area contributed by atoms with Crippen LogP contribution in [0.25, 0.3) is 54.9 Å². The number of rotatable bonds is 3. The fourth-order valence-electron chi connectivity index (χ4n) is 8.19. The van der Waals surface area contributed by atoms with Gasteiger partial charge in [-0.15, -0.1) is 0 Å². The molecule has 46 heavy (non-hydrogen) atoms. The molecule has 0 fully saturated rings. The lowest BCUT2D eigenvalue weighted by atomic mass is 9.67. The summed E-state index contributed by atoms with van der Waals surface area (Å²) in [4.78, 5) is 2.66. The molecule has 0 bridgehead atoms. The highest BCUT2D eigenvalue weighted by Gasteiger charge is 2.46. The van der Waals surface area contributed by atoms with Crippen molar-refractivity contribution in [3.63, 3.8) is 0 Å². The van der Waals surface area contributed by atoms with Crippen molar-refractivity contribution in [2.45, 2.75) is 15.2 Å². The van der Waals surface area contributed by atoms with Crippen molar-refractivity contribution in [3.05, 3.63) is 192 Å². The van der Waals surface area contributed by atoms with E-state index in [-0.39, 0.29) is 0 Å². The van der Waals surface area contributed by atoms with Crippen molar-refractivity contribution in [2.75, 3.05) is 0 Å². The molecule has 0 saturated heterocycles. The predicted molar refractivity (Wildman–Crippen MR) is 194 cm³/mol. The van der Waals surface area contributed by atoms with Crippen LogP contribution in [0, 0.1) is 0 Å². The predicted octanol–water partition coefficient (Wildman–Crippen LogP) is 12.2. The molecular weight excluding hydrogens is 573 g/mol. The molecule has 1 aliphatic heterocycles. The molecule has 10 rings (SSSR count). The van der Waals surface area contributed by atoms with Gasteiger partial charge in [-0.1, -0.05) is 157 Å². The Kier molecular flexibility index (Phi) is 5.53. The summed E-state index contributed by atoms with van der Waals surface area (Å²) in [5, 5.41) is 5.21. The zero-order valence-electron chi connectivity index (χ0n) is 25.1.